The summed E-state index contributed by atoms with van der Waals surface area (Å²) in [5.74, 6) is 0.807. The van der Waals surface area contributed by atoms with E-state index in [1.54, 1.807) is 0 Å². The van der Waals surface area contributed by atoms with Gasteiger partial charge in [0.25, 0.3) is 0 Å². The molecule has 1 aliphatic heterocycles. The summed E-state index contributed by atoms with van der Waals surface area (Å²) in [7, 11) is 0. The third-order valence-electron chi connectivity index (χ3n) is 3.79. The highest BCUT2D eigenvalue weighted by atomic mass is 35.5. The van der Waals surface area contributed by atoms with E-state index in [9.17, 15) is 0 Å². The smallest absolute Gasteiger partial charge is 0.136 e. The first-order valence-corrected chi connectivity index (χ1v) is 9.28. The normalized spacial score (nSPS) is 26.5. The maximum atomic E-state index is 6.11. The molecule has 22 heavy (non-hydrogen) atoms. The number of hydrogen-bond donors (Lipinski definition) is 0. The molecule has 0 amide bonds. The Morgan fingerprint density at radius 1 is 1.27 bits per heavy atom. The number of nitrogens with zero attached hydrogens (tertiary/aromatic N) is 3. The lowest BCUT2D eigenvalue weighted by molar-refractivity contribution is 0.591. The number of rotatable bonds is 9. The van der Waals surface area contributed by atoms with E-state index in [0.717, 1.165) is 31.5 Å². The van der Waals surface area contributed by atoms with Gasteiger partial charge in [-0.3, -0.25) is 0 Å². The molecule has 1 aliphatic rings. The Hall–Kier alpha value is -0.380. The number of alkyl halides is 2. The van der Waals surface area contributed by atoms with Gasteiger partial charge in [0.05, 0.1) is 6.00 Å². The first kappa shape index (κ1) is 19.7. The first-order valence-electron chi connectivity index (χ1n) is 8.31. The zero-order valence-corrected chi connectivity index (χ0v) is 15.8. The Bertz CT molecular complexity index is 430. The molecule has 1 fully saturated rings. The zero-order valence-electron chi connectivity index (χ0n) is 14.3. The fraction of sp³-hybridized carbons (Fsp3) is 0.765. The second-order valence-corrected chi connectivity index (χ2v) is 6.37. The van der Waals surface area contributed by atoms with Crippen LogP contribution in [-0.2, 0) is 0 Å². The molecule has 0 aromatic carbocycles. The van der Waals surface area contributed by atoms with Crippen molar-refractivity contribution in [3.05, 3.63) is 11.6 Å². The molecule has 126 valence electrons. The number of aliphatic imine (C=N–C) groups is 2. The molecule has 0 aromatic heterocycles. The van der Waals surface area contributed by atoms with Gasteiger partial charge in [-0.1, -0.05) is 38.8 Å². The van der Waals surface area contributed by atoms with Crippen LogP contribution in [0, 0.1) is 0 Å². The summed E-state index contributed by atoms with van der Waals surface area (Å²) in [5.41, 5.74) is 2.62. The van der Waals surface area contributed by atoms with Crippen LogP contribution in [0.2, 0.25) is 0 Å². The van der Waals surface area contributed by atoms with Gasteiger partial charge < -0.3 is 0 Å². The molecule has 0 N–H and O–H groups in total. The van der Waals surface area contributed by atoms with E-state index in [-0.39, 0.29) is 11.7 Å². The van der Waals surface area contributed by atoms with E-state index >= 15 is 0 Å². The highest BCUT2D eigenvalue weighted by Gasteiger charge is 2.45. The van der Waals surface area contributed by atoms with E-state index in [1.165, 1.54) is 24.1 Å². The van der Waals surface area contributed by atoms with E-state index < -0.39 is 0 Å². The summed E-state index contributed by atoms with van der Waals surface area (Å²) in [5, 5.41) is 0. The zero-order chi connectivity index (χ0) is 16.5. The summed E-state index contributed by atoms with van der Waals surface area (Å²) >= 11 is 11.9. The molecule has 5 heteroatoms. The molecule has 0 radical (unpaired) electrons. The van der Waals surface area contributed by atoms with Crippen LogP contribution in [0.1, 0.15) is 66.2 Å². The molecule has 0 aromatic rings. The molecule has 3 atom stereocenters. The van der Waals surface area contributed by atoms with Gasteiger partial charge in [0.2, 0.25) is 0 Å². The predicted octanol–water partition coefficient (Wildman–Crippen LogP) is 5.58. The Morgan fingerprint density at radius 3 is 2.50 bits per heavy atom. The van der Waals surface area contributed by atoms with Gasteiger partial charge in [0, 0.05) is 12.1 Å². The Labute approximate surface area is 145 Å². The molecule has 0 saturated carbocycles. The Morgan fingerprint density at radius 2 is 2.00 bits per heavy atom. The van der Waals surface area contributed by atoms with Crippen molar-refractivity contribution in [3.8, 4) is 0 Å². The minimum atomic E-state index is -0.0760. The van der Waals surface area contributed by atoms with E-state index in [1.807, 2.05) is 11.8 Å². The molecule has 1 heterocycles. The summed E-state index contributed by atoms with van der Waals surface area (Å²) in [4.78, 5) is 11.3. The molecule has 0 aliphatic carbocycles. The monoisotopic (exact) mass is 345 g/mol. The van der Waals surface area contributed by atoms with Crippen LogP contribution >= 0.6 is 23.2 Å². The SMILES string of the molecule is CC/C=C(\CC)C/C(CCCC)=N/C(C)=N/[C@H]1C(Cl)N1CCl. The van der Waals surface area contributed by atoms with Gasteiger partial charge in [-0.05, 0) is 32.6 Å². The van der Waals surface area contributed by atoms with Crippen LogP contribution in [0.4, 0.5) is 0 Å². The number of allylic oxidation sites excluding steroid dienone is 2. The van der Waals surface area contributed by atoms with Crippen LogP contribution in [0.5, 0.6) is 0 Å². The lowest BCUT2D eigenvalue weighted by Gasteiger charge is -2.09. The van der Waals surface area contributed by atoms with Gasteiger partial charge in [-0.2, -0.15) is 0 Å². The van der Waals surface area contributed by atoms with Gasteiger partial charge in [0.1, 0.15) is 17.5 Å². The van der Waals surface area contributed by atoms with Crippen molar-refractivity contribution >= 4 is 34.7 Å². The quantitative estimate of drug-likeness (QED) is 0.134. The minimum absolute atomic E-state index is 0.00725. The van der Waals surface area contributed by atoms with Crippen LogP contribution in [0.25, 0.3) is 0 Å². The van der Waals surface area contributed by atoms with Crippen LogP contribution in [0.3, 0.4) is 0 Å². The lowest BCUT2D eigenvalue weighted by atomic mass is 10.0. The molecule has 0 bridgehead atoms. The third-order valence-corrected chi connectivity index (χ3v) is 4.54. The van der Waals surface area contributed by atoms with E-state index in [2.05, 4.69) is 31.8 Å². The maximum Gasteiger partial charge on any atom is 0.136 e. The molecule has 1 saturated heterocycles. The second-order valence-electron chi connectivity index (χ2n) is 5.68. The second kappa shape index (κ2) is 10.4. The topological polar surface area (TPSA) is 27.7 Å². The lowest BCUT2D eigenvalue weighted by Crippen LogP contribution is -2.05. The fourth-order valence-corrected chi connectivity index (χ4v) is 3.09. The summed E-state index contributed by atoms with van der Waals surface area (Å²) in [6, 6.07) is 0.418. The highest BCUT2D eigenvalue weighted by molar-refractivity contribution is 6.24. The van der Waals surface area contributed by atoms with Gasteiger partial charge >= 0.3 is 0 Å². The molecular formula is C17H29Cl2N3. The number of hydrogen-bond acceptors (Lipinski definition) is 2. The molecule has 0 spiro atoms. The van der Waals surface area contributed by atoms with E-state index in [4.69, 9.17) is 28.2 Å². The van der Waals surface area contributed by atoms with Crippen LogP contribution in [-0.4, -0.2) is 34.1 Å². The Balaban J connectivity index is 2.77. The van der Waals surface area contributed by atoms with Gasteiger partial charge in [0.15, 0.2) is 0 Å². The fourth-order valence-electron chi connectivity index (χ4n) is 2.41. The van der Waals surface area contributed by atoms with E-state index in [0.29, 0.717) is 6.00 Å². The summed E-state index contributed by atoms with van der Waals surface area (Å²) < 4.78 is 0. The maximum absolute atomic E-state index is 6.11. The number of amidine groups is 1. The van der Waals surface area contributed by atoms with Crippen molar-refractivity contribution in [1.29, 1.82) is 0 Å². The third kappa shape index (κ3) is 6.39. The van der Waals surface area contributed by atoms with Gasteiger partial charge in [-0.15, -0.1) is 23.2 Å². The molecule has 3 nitrogen and oxygen atoms in total. The van der Waals surface area contributed by atoms with Gasteiger partial charge in [-0.25, -0.2) is 14.9 Å². The van der Waals surface area contributed by atoms with Crippen molar-refractivity contribution in [3.63, 3.8) is 0 Å². The van der Waals surface area contributed by atoms with Crippen molar-refractivity contribution in [2.24, 2.45) is 9.98 Å². The van der Waals surface area contributed by atoms with Crippen molar-refractivity contribution < 1.29 is 0 Å². The first-order chi connectivity index (χ1) is 10.6. The average Bonchev–Trinajstić information content (AvgIpc) is 3.12. The van der Waals surface area contributed by atoms with Crippen molar-refractivity contribution in [2.75, 3.05) is 6.00 Å². The number of halogens is 2. The highest BCUT2D eigenvalue weighted by Crippen LogP contribution is 2.33. The average molecular weight is 346 g/mol. The molecular weight excluding hydrogens is 317 g/mol. The van der Waals surface area contributed by atoms with Crippen molar-refractivity contribution in [2.45, 2.75) is 77.9 Å². The van der Waals surface area contributed by atoms with Crippen LogP contribution in [0.15, 0.2) is 21.6 Å². The standard InChI is InChI=1S/C17H29Cl2N3/c1-5-8-10-15(11-14(7-3)9-6-2)20-13(4)21-17-16(19)22(17)12-18/h9,16-17H,5-8,10-12H2,1-4H3/b14-9+,20-15+,21-13+/t16?,17-,22?/m1/s1. The molecule has 1 rings (SSSR count). The number of unbranched alkanes of at least 4 members (excludes halogenated alkanes) is 1. The summed E-state index contributed by atoms with van der Waals surface area (Å²) in [6.07, 6.45) is 8.83. The molecule has 2 unspecified atom stereocenters. The summed E-state index contributed by atoms with van der Waals surface area (Å²) in [6.45, 7) is 8.55. The van der Waals surface area contributed by atoms with Crippen LogP contribution < -0.4 is 0 Å². The largest absolute Gasteiger partial charge is 0.249 e. The Kier molecular flexibility index (Phi) is 9.30. The predicted molar refractivity (Wildman–Crippen MR) is 99.3 cm³/mol. The van der Waals surface area contributed by atoms with Crippen molar-refractivity contribution in [1.82, 2.24) is 4.90 Å². The minimum Gasteiger partial charge on any atom is -0.249 e.